The minimum absolute atomic E-state index is 0.0521. The van der Waals surface area contributed by atoms with Gasteiger partial charge in [-0.3, -0.25) is 19.7 Å². The summed E-state index contributed by atoms with van der Waals surface area (Å²) < 4.78 is 11.1. The van der Waals surface area contributed by atoms with Crippen molar-refractivity contribution in [3.05, 3.63) is 35.6 Å². The van der Waals surface area contributed by atoms with Gasteiger partial charge in [-0.25, -0.2) is 4.79 Å². The molecule has 8 heteroatoms. The molecule has 4 unspecified atom stereocenters. The van der Waals surface area contributed by atoms with Crippen molar-refractivity contribution in [3.63, 3.8) is 0 Å². The van der Waals surface area contributed by atoms with Crippen LogP contribution in [-0.2, 0) is 28.7 Å². The maximum Gasteiger partial charge on any atom is 0.331 e. The zero-order valence-electron chi connectivity index (χ0n) is 21.2. The summed E-state index contributed by atoms with van der Waals surface area (Å²) in [4.78, 5) is 48.6. The van der Waals surface area contributed by atoms with Crippen molar-refractivity contribution >= 4 is 23.6 Å². The number of Topliss-reactive ketones (excluding diaryl/α,β-unsaturated/α-hetero) is 1. The molecule has 0 aromatic heterocycles. The summed E-state index contributed by atoms with van der Waals surface area (Å²) in [6.45, 7) is 5.38. The number of esters is 1. The normalized spacial score (nSPS) is 26.1. The van der Waals surface area contributed by atoms with Crippen LogP contribution < -0.4 is 5.32 Å². The van der Waals surface area contributed by atoms with Crippen LogP contribution in [0.1, 0.15) is 72.1 Å². The standard InChI is InChI=1S/C27H39NO7/c1-17-14-18(2)27(35-25(32)13-8-6-5-7-12-22(34-4)26(17)33)19(3)21(29)11-9-10-20-15-23(30)28-24(31)16-20/h8,12-14,17,19-20,26-27,33H,5-7,9-11,15-16H2,1-4H3,(H,28,30,31). The smallest absolute Gasteiger partial charge is 0.331 e. The topological polar surface area (TPSA) is 119 Å². The molecule has 2 aliphatic heterocycles. The summed E-state index contributed by atoms with van der Waals surface area (Å²) in [5.74, 6) is -1.57. The minimum Gasteiger partial charge on any atom is -0.499 e. The van der Waals surface area contributed by atoms with E-state index in [9.17, 15) is 24.3 Å². The Kier molecular flexibility index (Phi) is 11.4. The Bertz CT molecular complexity index is 857. The van der Waals surface area contributed by atoms with Crippen LogP contribution in [0.4, 0.5) is 0 Å². The third-order valence-corrected chi connectivity index (χ3v) is 6.64. The van der Waals surface area contributed by atoms with E-state index >= 15 is 0 Å². The van der Waals surface area contributed by atoms with E-state index in [2.05, 4.69) is 5.32 Å². The molecule has 0 aromatic rings. The SMILES string of the molecule is COC1=CCCCC=CC(=O)OC(C(C)C(=O)CCCC2CC(=O)NC(=O)C2)C(C)=CC(C)C1O. The van der Waals surface area contributed by atoms with Crippen LogP contribution in [0.5, 0.6) is 0 Å². The molecule has 0 bridgehead atoms. The molecule has 1 fully saturated rings. The largest absolute Gasteiger partial charge is 0.499 e. The molecule has 0 radical (unpaired) electrons. The van der Waals surface area contributed by atoms with E-state index in [0.717, 1.165) is 6.42 Å². The quantitative estimate of drug-likeness (QED) is 0.319. The number of aliphatic hydroxyl groups excluding tert-OH is 1. The van der Waals surface area contributed by atoms with E-state index in [1.165, 1.54) is 13.2 Å². The van der Waals surface area contributed by atoms with Crippen LogP contribution in [0.25, 0.3) is 0 Å². The first kappa shape index (κ1) is 28.5. The van der Waals surface area contributed by atoms with E-state index in [-0.39, 0.29) is 35.9 Å². The highest BCUT2D eigenvalue weighted by atomic mass is 16.5. The fourth-order valence-corrected chi connectivity index (χ4v) is 4.62. The minimum atomic E-state index is -0.855. The predicted octanol–water partition coefficient (Wildman–Crippen LogP) is 3.54. The molecule has 2 amide bonds. The number of hydrogen-bond donors (Lipinski definition) is 2. The molecule has 0 aliphatic carbocycles. The highest BCUT2D eigenvalue weighted by Crippen LogP contribution is 2.26. The number of nitrogens with one attached hydrogen (secondary N) is 1. The molecule has 0 aromatic carbocycles. The molecular weight excluding hydrogens is 450 g/mol. The van der Waals surface area contributed by atoms with Gasteiger partial charge < -0.3 is 14.6 Å². The van der Waals surface area contributed by atoms with Crippen LogP contribution in [0.2, 0.25) is 0 Å². The Morgan fingerprint density at radius 2 is 1.91 bits per heavy atom. The van der Waals surface area contributed by atoms with Crippen molar-refractivity contribution in [2.24, 2.45) is 17.8 Å². The molecule has 2 rings (SSSR count). The molecule has 0 saturated carbocycles. The Balaban J connectivity index is 2.12. The highest BCUT2D eigenvalue weighted by molar-refractivity contribution is 5.97. The first-order chi connectivity index (χ1) is 16.6. The van der Waals surface area contributed by atoms with Crippen molar-refractivity contribution < 1.29 is 33.8 Å². The number of carbonyl (C=O) groups excluding carboxylic acids is 4. The number of methoxy groups -OCH3 is 1. The highest BCUT2D eigenvalue weighted by Gasteiger charge is 2.30. The molecule has 2 N–H and O–H groups in total. The fraction of sp³-hybridized carbons (Fsp3) is 0.630. The van der Waals surface area contributed by atoms with E-state index < -0.39 is 24.1 Å². The Morgan fingerprint density at radius 1 is 1.23 bits per heavy atom. The van der Waals surface area contributed by atoms with Gasteiger partial charge in [0.25, 0.3) is 0 Å². The lowest BCUT2D eigenvalue weighted by Gasteiger charge is -2.26. The van der Waals surface area contributed by atoms with Crippen molar-refractivity contribution in [3.8, 4) is 0 Å². The Labute approximate surface area is 207 Å². The average Bonchev–Trinajstić information content (AvgIpc) is 2.79. The van der Waals surface area contributed by atoms with Crippen LogP contribution >= 0.6 is 0 Å². The zero-order valence-corrected chi connectivity index (χ0v) is 21.2. The van der Waals surface area contributed by atoms with E-state index in [0.29, 0.717) is 49.9 Å². The number of allylic oxidation sites excluding steroid dienone is 2. The van der Waals surface area contributed by atoms with Gasteiger partial charge in [0.1, 0.15) is 23.8 Å². The fourth-order valence-electron chi connectivity index (χ4n) is 4.62. The Morgan fingerprint density at radius 3 is 2.57 bits per heavy atom. The maximum absolute atomic E-state index is 13.0. The number of hydrogen-bond acceptors (Lipinski definition) is 7. The number of ether oxygens (including phenoxy) is 2. The van der Waals surface area contributed by atoms with Gasteiger partial charge in [-0.15, -0.1) is 0 Å². The monoisotopic (exact) mass is 489 g/mol. The second-order valence-corrected chi connectivity index (χ2v) is 9.61. The summed E-state index contributed by atoms with van der Waals surface area (Å²) in [5.41, 5.74) is 0.682. The summed E-state index contributed by atoms with van der Waals surface area (Å²) in [7, 11) is 1.53. The van der Waals surface area contributed by atoms with Crippen LogP contribution in [-0.4, -0.2) is 48.0 Å². The van der Waals surface area contributed by atoms with Gasteiger partial charge in [-0.05, 0) is 56.6 Å². The van der Waals surface area contributed by atoms with Gasteiger partial charge >= 0.3 is 5.97 Å². The van der Waals surface area contributed by atoms with Crippen LogP contribution in [0.15, 0.2) is 35.6 Å². The van der Waals surface area contributed by atoms with Gasteiger partial charge in [0.05, 0.1) is 13.0 Å². The Hall–Kier alpha value is -2.74. The number of cyclic esters (lactones) is 1. The number of ketones is 1. The molecule has 0 spiro atoms. The zero-order chi connectivity index (χ0) is 26.0. The number of rotatable bonds is 7. The number of piperidine rings is 1. The van der Waals surface area contributed by atoms with Crippen molar-refractivity contribution in [2.75, 3.05) is 7.11 Å². The third-order valence-electron chi connectivity index (χ3n) is 6.64. The number of amides is 2. The second-order valence-electron chi connectivity index (χ2n) is 9.61. The lowest BCUT2D eigenvalue weighted by Crippen LogP contribution is -2.38. The molecular formula is C27H39NO7. The maximum atomic E-state index is 13.0. The summed E-state index contributed by atoms with van der Waals surface area (Å²) >= 11 is 0. The van der Waals surface area contributed by atoms with Crippen molar-refractivity contribution in [1.82, 2.24) is 5.32 Å². The van der Waals surface area contributed by atoms with Gasteiger partial charge in [-0.2, -0.15) is 0 Å². The van der Waals surface area contributed by atoms with Gasteiger partial charge in [0.2, 0.25) is 11.8 Å². The number of imide groups is 1. The van der Waals surface area contributed by atoms with E-state index in [4.69, 9.17) is 9.47 Å². The third kappa shape index (κ3) is 9.09. The average molecular weight is 490 g/mol. The van der Waals surface area contributed by atoms with Gasteiger partial charge in [0.15, 0.2) is 0 Å². The first-order valence-electron chi connectivity index (χ1n) is 12.4. The van der Waals surface area contributed by atoms with Crippen LogP contribution in [0, 0.1) is 17.8 Å². The summed E-state index contributed by atoms with van der Waals surface area (Å²) in [6, 6.07) is 0. The molecule has 194 valence electrons. The number of aliphatic hydroxyl groups is 1. The summed E-state index contributed by atoms with van der Waals surface area (Å²) in [6.07, 6.45) is 9.39. The van der Waals surface area contributed by atoms with Crippen molar-refractivity contribution in [1.29, 1.82) is 0 Å². The molecule has 35 heavy (non-hydrogen) atoms. The molecule has 8 nitrogen and oxygen atoms in total. The van der Waals surface area contributed by atoms with E-state index in [1.54, 1.807) is 19.9 Å². The van der Waals surface area contributed by atoms with E-state index in [1.807, 2.05) is 19.1 Å². The molecule has 4 atom stereocenters. The molecule has 1 saturated heterocycles. The predicted molar refractivity (Wildman–Crippen MR) is 131 cm³/mol. The molecule has 2 heterocycles. The number of carbonyl (C=O) groups is 4. The first-order valence-corrected chi connectivity index (χ1v) is 12.4. The van der Waals surface area contributed by atoms with Crippen molar-refractivity contribution in [2.45, 2.75) is 84.3 Å². The lowest BCUT2D eigenvalue weighted by atomic mass is 9.87. The van der Waals surface area contributed by atoms with Gasteiger partial charge in [-0.1, -0.05) is 26.0 Å². The summed E-state index contributed by atoms with van der Waals surface area (Å²) in [5, 5.41) is 13.0. The molecule has 2 aliphatic rings. The lowest BCUT2D eigenvalue weighted by molar-refractivity contribution is -0.145. The second kappa shape index (κ2) is 14.0. The van der Waals surface area contributed by atoms with Gasteiger partial charge in [0, 0.05) is 31.3 Å². The van der Waals surface area contributed by atoms with Crippen LogP contribution in [0.3, 0.4) is 0 Å².